The Morgan fingerprint density at radius 2 is 1.70 bits per heavy atom. The van der Waals surface area contributed by atoms with Crippen LogP contribution >= 0.6 is 11.3 Å². The number of anilines is 2. The predicted octanol–water partition coefficient (Wildman–Crippen LogP) is 3.88. The number of hydrogen-bond donors (Lipinski definition) is 1. The zero-order valence-electron chi connectivity index (χ0n) is 17.6. The lowest BCUT2D eigenvalue weighted by molar-refractivity contribution is -0.121. The van der Waals surface area contributed by atoms with Crippen molar-refractivity contribution in [1.29, 1.82) is 0 Å². The molecule has 0 spiro atoms. The molecule has 164 valence electrons. The molecule has 1 aliphatic heterocycles. The van der Waals surface area contributed by atoms with Crippen LogP contribution in [0.1, 0.15) is 40.9 Å². The van der Waals surface area contributed by atoms with Gasteiger partial charge in [0.15, 0.2) is 0 Å². The number of carbonyl (C=O) groups excluding carboxylic acids is 3. The molecule has 2 aliphatic rings. The molecule has 33 heavy (non-hydrogen) atoms. The summed E-state index contributed by atoms with van der Waals surface area (Å²) in [4.78, 5) is 42.9. The van der Waals surface area contributed by atoms with E-state index in [0.29, 0.717) is 22.2 Å². The van der Waals surface area contributed by atoms with Crippen molar-refractivity contribution in [2.45, 2.75) is 32.1 Å². The van der Waals surface area contributed by atoms with E-state index in [1.54, 1.807) is 28.9 Å². The molecule has 1 N–H and O–H groups in total. The third kappa shape index (κ3) is 3.32. The first-order valence-corrected chi connectivity index (χ1v) is 11.6. The molecule has 0 atom stereocenters. The number of rotatable bonds is 4. The summed E-state index contributed by atoms with van der Waals surface area (Å²) in [6, 6.07) is 14.4. The van der Waals surface area contributed by atoms with E-state index in [9.17, 15) is 14.4 Å². The van der Waals surface area contributed by atoms with Crippen molar-refractivity contribution in [3.8, 4) is 5.13 Å². The van der Waals surface area contributed by atoms with Crippen molar-refractivity contribution >= 4 is 50.8 Å². The van der Waals surface area contributed by atoms with E-state index in [0.717, 1.165) is 40.7 Å². The summed E-state index contributed by atoms with van der Waals surface area (Å²) in [5.74, 6) is -0.0573. The van der Waals surface area contributed by atoms with Crippen LogP contribution in [0.3, 0.4) is 0 Å². The maximum Gasteiger partial charge on any atom is 0.256 e. The van der Waals surface area contributed by atoms with Crippen molar-refractivity contribution in [1.82, 2.24) is 14.8 Å². The van der Waals surface area contributed by atoms with Gasteiger partial charge in [0.25, 0.3) is 5.91 Å². The van der Waals surface area contributed by atoms with Crippen LogP contribution in [-0.4, -0.2) is 32.5 Å². The van der Waals surface area contributed by atoms with E-state index in [4.69, 9.17) is 10.1 Å². The molecular formula is C24H19N5O3S. The summed E-state index contributed by atoms with van der Waals surface area (Å²) in [6.07, 6.45) is 3.19. The zero-order chi connectivity index (χ0) is 22.5. The van der Waals surface area contributed by atoms with Gasteiger partial charge in [0.1, 0.15) is 5.82 Å². The van der Waals surface area contributed by atoms with Gasteiger partial charge in [-0.25, -0.2) is 4.98 Å². The molecular weight excluding hydrogens is 438 g/mol. The average Bonchev–Trinajstić information content (AvgIpc) is 3.58. The number of aromatic nitrogens is 3. The van der Waals surface area contributed by atoms with Crippen LogP contribution in [0.25, 0.3) is 15.3 Å². The van der Waals surface area contributed by atoms with Gasteiger partial charge in [-0.15, -0.1) is 0 Å². The van der Waals surface area contributed by atoms with Crippen molar-refractivity contribution in [2.24, 2.45) is 0 Å². The Bertz CT molecular complexity index is 1390. The Morgan fingerprint density at radius 3 is 2.45 bits per heavy atom. The minimum atomic E-state index is -0.280. The number of hydrogen-bond acceptors (Lipinski definition) is 6. The summed E-state index contributed by atoms with van der Waals surface area (Å²) in [5.41, 5.74) is 3.85. The molecule has 0 radical (unpaired) electrons. The molecule has 9 heteroatoms. The van der Waals surface area contributed by atoms with Crippen LogP contribution in [0.5, 0.6) is 0 Å². The lowest BCUT2D eigenvalue weighted by atomic mass is 10.1. The second-order valence-electron chi connectivity index (χ2n) is 8.13. The average molecular weight is 458 g/mol. The van der Waals surface area contributed by atoms with E-state index < -0.39 is 0 Å². The van der Waals surface area contributed by atoms with Crippen LogP contribution in [0, 0.1) is 0 Å². The van der Waals surface area contributed by atoms with Gasteiger partial charge in [0.2, 0.25) is 16.9 Å². The largest absolute Gasteiger partial charge is 0.306 e. The van der Waals surface area contributed by atoms with E-state index in [-0.39, 0.29) is 30.6 Å². The third-order valence-corrected chi connectivity index (χ3v) is 7.05. The van der Waals surface area contributed by atoms with Gasteiger partial charge in [0.05, 0.1) is 21.6 Å². The predicted molar refractivity (Wildman–Crippen MR) is 125 cm³/mol. The molecule has 3 heterocycles. The standard InChI is InChI=1S/C24H19N5O3S/c30-20-12-13-21(31)28(20)15-10-8-14(9-11-15)23(32)26-22-16-4-3-6-17(16)27-29(22)24-25-18-5-1-2-7-19(18)33-24/h1-2,5,7-11H,3-4,6,12-13H2,(H,26,32). The third-order valence-electron chi connectivity index (χ3n) is 6.04. The van der Waals surface area contributed by atoms with E-state index in [2.05, 4.69) is 5.32 Å². The Morgan fingerprint density at radius 1 is 0.939 bits per heavy atom. The number of aryl methyl sites for hydroxylation is 1. The minimum absolute atomic E-state index is 0.215. The topological polar surface area (TPSA) is 97.2 Å². The normalized spacial score (nSPS) is 15.5. The minimum Gasteiger partial charge on any atom is -0.306 e. The summed E-state index contributed by atoms with van der Waals surface area (Å²) in [5, 5.41) is 8.50. The first kappa shape index (κ1) is 19.8. The van der Waals surface area contributed by atoms with Gasteiger partial charge >= 0.3 is 0 Å². The highest BCUT2D eigenvalue weighted by atomic mass is 32.1. The van der Waals surface area contributed by atoms with Crippen LogP contribution in [0.2, 0.25) is 0 Å². The van der Waals surface area contributed by atoms with Crippen LogP contribution in [0.15, 0.2) is 48.5 Å². The molecule has 3 amide bonds. The number of carbonyl (C=O) groups is 3. The van der Waals surface area contributed by atoms with E-state index in [1.807, 2.05) is 24.3 Å². The Labute approximate surface area is 192 Å². The van der Waals surface area contributed by atoms with Crippen molar-refractivity contribution < 1.29 is 14.4 Å². The highest BCUT2D eigenvalue weighted by Crippen LogP contribution is 2.34. The fraction of sp³-hybridized carbons (Fsp3) is 0.208. The van der Waals surface area contributed by atoms with Gasteiger partial charge in [-0.2, -0.15) is 9.78 Å². The number of para-hydroxylation sites is 1. The molecule has 6 rings (SSSR count). The summed E-state index contributed by atoms with van der Waals surface area (Å²) < 4.78 is 2.80. The highest BCUT2D eigenvalue weighted by molar-refractivity contribution is 7.20. The van der Waals surface area contributed by atoms with Crippen molar-refractivity contribution in [3.05, 3.63) is 65.4 Å². The first-order chi connectivity index (χ1) is 16.1. The molecule has 0 bridgehead atoms. The number of nitrogens with zero attached hydrogens (tertiary/aromatic N) is 4. The van der Waals surface area contributed by atoms with Crippen LogP contribution in [-0.2, 0) is 22.4 Å². The Balaban J connectivity index is 1.31. The Hall–Kier alpha value is -3.85. The molecule has 1 fully saturated rings. The number of imide groups is 1. The molecule has 0 saturated carbocycles. The SMILES string of the molecule is O=C(Nc1c2c(nn1-c1nc3ccccc3s1)CCC2)c1ccc(N2C(=O)CCC2=O)cc1. The second-order valence-corrected chi connectivity index (χ2v) is 9.14. The number of fused-ring (bicyclic) bond motifs is 2. The van der Waals surface area contributed by atoms with Gasteiger partial charge in [-0.3, -0.25) is 19.3 Å². The van der Waals surface area contributed by atoms with Gasteiger partial charge < -0.3 is 5.32 Å². The maximum atomic E-state index is 13.1. The highest BCUT2D eigenvalue weighted by Gasteiger charge is 2.30. The van der Waals surface area contributed by atoms with E-state index in [1.165, 1.54) is 16.2 Å². The molecule has 0 unspecified atom stereocenters. The first-order valence-electron chi connectivity index (χ1n) is 10.8. The van der Waals surface area contributed by atoms with Crippen LogP contribution in [0.4, 0.5) is 11.5 Å². The van der Waals surface area contributed by atoms with Gasteiger partial charge in [-0.05, 0) is 55.7 Å². The fourth-order valence-electron chi connectivity index (χ4n) is 4.42. The van der Waals surface area contributed by atoms with Crippen LogP contribution < -0.4 is 10.2 Å². The molecule has 2 aromatic carbocycles. The monoisotopic (exact) mass is 457 g/mol. The number of amides is 3. The van der Waals surface area contributed by atoms with Gasteiger partial charge in [-0.1, -0.05) is 23.5 Å². The molecule has 2 aromatic heterocycles. The molecule has 8 nitrogen and oxygen atoms in total. The smallest absolute Gasteiger partial charge is 0.256 e. The molecule has 1 aliphatic carbocycles. The summed E-state index contributed by atoms with van der Waals surface area (Å²) in [6.45, 7) is 0. The number of benzene rings is 2. The quantitative estimate of drug-likeness (QED) is 0.469. The van der Waals surface area contributed by atoms with Gasteiger partial charge in [0, 0.05) is 24.0 Å². The summed E-state index contributed by atoms with van der Waals surface area (Å²) in [7, 11) is 0. The molecule has 4 aromatic rings. The number of nitrogens with one attached hydrogen (secondary N) is 1. The lowest BCUT2D eigenvalue weighted by Gasteiger charge is -2.14. The van der Waals surface area contributed by atoms with Crippen molar-refractivity contribution in [2.75, 3.05) is 10.2 Å². The maximum absolute atomic E-state index is 13.1. The second kappa shape index (κ2) is 7.63. The lowest BCUT2D eigenvalue weighted by Crippen LogP contribution is -2.28. The van der Waals surface area contributed by atoms with Crippen molar-refractivity contribution in [3.63, 3.8) is 0 Å². The summed E-state index contributed by atoms with van der Waals surface area (Å²) >= 11 is 1.53. The fourth-order valence-corrected chi connectivity index (χ4v) is 5.34. The zero-order valence-corrected chi connectivity index (χ0v) is 18.4. The van der Waals surface area contributed by atoms with E-state index >= 15 is 0 Å². The number of thiazole rings is 1. The Kier molecular flexibility index (Phi) is 4.58. The molecule has 1 saturated heterocycles.